The number of methoxy groups -OCH3 is 2. The third kappa shape index (κ3) is 3.61. The first kappa shape index (κ1) is 16.1. The Hall–Kier alpha value is -1.74. The van der Waals surface area contributed by atoms with Crippen molar-refractivity contribution in [1.29, 1.82) is 0 Å². The predicted octanol–water partition coefficient (Wildman–Crippen LogP) is 4.21. The lowest BCUT2D eigenvalue weighted by Gasteiger charge is -2.28. The van der Waals surface area contributed by atoms with Crippen molar-refractivity contribution in [2.75, 3.05) is 20.8 Å². The maximum absolute atomic E-state index is 5.47. The number of rotatable bonds is 4. The third-order valence-corrected chi connectivity index (χ3v) is 4.70. The van der Waals surface area contributed by atoms with E-state index in [2.05, 4.69) is 51.3 Å². The number of fused-ring (bicyclic) bond motifs is 1. The van der Waals surface area contributed by atoms with Gasteiger partial charge in [0.2, 0.25) is 0 Å². The quantitative estimate of drug-likeness (QED) is 0.801. The Kier molecular flexibility index (Phi) is 5.06. The Labute approximate surface area is 145 Å². The molecule has 1 unspecified atom stereocenters. The van der Waals surface area contributed by atoms with Crippen molar-refractivity contribution in [3.63, 3.8) is 0 Å². The fraction of sp³-hybridized carbons (Fsp3) is 0.316. The smallest absolute Gasteiger partial charge is 0.161 e. The summed E-state index contributed by atoms with van der Waals surface area (Å²) in [6, 6.07) is 4.49. The lowest BCUT2D eigenvalue weighted by Crippen LogP contribution is -2.30. The molecule has 2 aliphatic rings. The molecule has 0 amide bonds. The van der Waals surface area contributed by atoms with Gasteiger partial charge in [0, 0.05) is 6.04 Å². The number of hydrogen-bond donors (Lipinski definition) is 1. The molecule has 1 N–H and O–H groups in total. The molecule has 0 bridgehead atoms. The second kappa shape index (κ2) is 7.22. The number of ether oxygens (including phenoxy) is 2. The van der Waals surface area contributed by atoms with Crippen LogP contribution in [0.15, 0.2) is 52.2 Å². The van der Waals surface area contributed by atoms with Crippen molar-refractivity contribution in [2.45, 2.75) is 18.9 Å². The van der Waals surface area contributed by atoms with Gasteiger partial charge in [0.05, 0.1) is 18.7 Å². The summed E-state index contributed by atoms with van der Waals surface area (Å²) in [5, 5.41) is 3.62. The highest BCUT2D eigenvalue weighted by molar-refractivity contribution is 9.11. The largest absolute Gasteiger partial charge is 0.493 e. The van der Waals surface area contributed by atoms with E-state index in [-0.39, 0.29) is 6.04 Å². The fourth-order valence-corrected chi connectivity index (χ4v) is 3.30. The summed E-state index contributed by atoms with van der Waals surface area (Å²) in [6.45, 7) is 0.974. The summed E-state index contributed by atoms with van der Waals surface area (Å²) in [4.78, 5) is 0. The van der Waals surface area contributed by atoms with Crippen molar-refractivity contribution in [1.82, 2.24) is 5.32 Å². The molecule has 1 aromatic rings. The molecule has 1 aliphatic carbocycles. The van der Waals surface area contributed by atoms with Crippen LogP contribution in [-0.2, 0) is 6.42 Å². The Balaban J connectivity index is 1.88. The molecule has 120 valence electrons. The highest BCUT2D eigenvalue weighted by Gasteiger charge is 2.23. The van der Waals surface area contributed by atoms with E-state index in [1.165, 1.54) is 16.7 Å². The van der Waals surface area contributed by atoms with Gasteiger partial charge in [0.15, 0.2) is 11.5 Å². The molecule has 0 spiro atoms. The van der Waals surface area contributed by atoms with Gasteiger partial charge in [-0.2, -0.15) is 0 Å². The van der Waals surface area contributed by atoms with Gasteiger partial charge >= 0.3 is 0 Å². The van der Waals surface area contributed by atoms with Crippen LogP contribution in [0.5, 0.6) is 11.5 Å². The van der Waals surface area contributed by atoms with E-state index in [1.54, 1.807) is 14.2 Å². The van der Waals surface area contributed by atoms with Gasteiger partial charge in [0.25, 0.3) is 0 Å². The maximum atomic E-state index is 5.47. The molecule has 0 saturated heterocycles. The number of benzene rings is 1. The number of hydrogen-bond acceptors (Lipinski definition) is 3. The van der Waals surface area contributed by atoms with Gasteiger partial charge in [-0.25, -0.2) is 0 Å². The first-order valence-corrected chi connectivity index (χ1v) is 8.48. The first-order valence-electron chi connectivity index (χ1n) is 7.69. The summed E-state index contributed by atoms with van der Waals surface area (Å²) in [6.07, 6.45) is 10.2. The molecular formula is C19H20BrNO2. The van der Waals surface area contributed by atoms with E-state index < -0.39 is 0 Å². The van der Waals surface area contributed by atoms with E-state index in [1.807, 2.05) is 12.2 Å². The van der Waals surface area contributed by atoms with Crippen LogP contribution in [0.4, 0.5) is 0 Å². The zero-order valence-electron chi connectivity index (χ0n) is 13.4. The van der Waals surface area contributed by atoms with Crippen LogP contribution < -0.4 is 14.8 Å². The summed E-state index contributed by atoms with van der Waals surface area (Å²) < 4.78 is 11.9. The standard InChI is InChI=1S/C19H20BrNO2/c1-22-18-11-14-8-9-21-17(16(14)12-19(18)23-2)10-13-4-3-5-15(20)7-6-13/h3-4,6-7,11-12,17,21H,8-10H2,1-2H3. The van der Waals surface area contributed by atoms with E-state index >= 15 is 0 Å². The zero-order valence-corrected chi connectivity index (χ0v) is 14.9. The summed E-state index contributed by atoms with van der Waals surface area (Å²) in [5.41, 5.74) is 7.05. The van der Waals surface area contributed by atoms with E-state index in [4.69, 9.17) is 9.47 Å². The van der Waals surface area contributed by atoms with Crippen LogP contribution in [-0.4, -0.2) is 20.8 Å². The van der Waals surface area contributed by atoms with Crippen LogP contribution in [0, 0.1) is 0 Å². The van der Waals surface area contributed by atoms with Gasteiger partial charge in [-0.1, -0.05) is 12.2 Å². The number of nitrogens with one attached hydrogen (secondary N) is 1. The lowest BCUT2D eigenvalue weighted by atomic mass is 9.89. The molecule has 0 radical (unpaired) electrons. The zero-order chi connectivity index (χ0) is 16.2. The normalized spacial score (nSPS) is 19.5. The highest BCUT2D eigenvalue weighted by atomic mass is 79.9. The molecule has 0 fully saturated rings. The van der Waals surface area contributed by atoms with Crippen molar-refractivity contribution < 1.29 is 9.47 Å². The minimum absolute atomic E-state index is 0.278. The van der Waals surface area contributed by atoms with Gasteiger partial charge in [-0.15, -0.1) is 5.73 Å². The molecule has 1 atom stereocenters. The van der Waals surface area contributed by atoms with Gasteiger partial charge in [-0.05, 0) is 76.3 Å². The molecule has 3 nitrogen and oxygen atoms in total. The lowest BCUT2D eigenvalue weighted by molar-refractivity contribution is 0.352. The number of allylic oxidation sites excluding steroid dienone is 4. The second-order valence-corrected chi connectivity index (χ2v) is 6.46. The maximum Gasteiger partial charge on any atom is 0.161 e. The minimum atomic E-state index is 0.278. The Morgan fingerprint density at radius 3 is 2.78 bits per heavy atom. The van der Waals surface area contributed by atoms with E-state index in [0.29, 0.717) is 0 Å². The molecule has 23 heavy (non-hydrogen) atoms. The molecule has 1 aromatic carbocycles. The van der Waals surface area contributed by atoms with Crippen LogP contribution in [0.3, 0.4) is 0 Å². The summed E-state index contributed by atoms with van der Waals surface area (Å²) in [5.74, 6) is 1.59. The van der Waals surface area contributed by atoms with Crippen LogP contribution >= 0.6 is 15.9 Å². The molecule has 0 aromatic heterocycles. The molecule has 4 heteroatoms. The molecule has 1 aliphatic heterocycles. The van der Waals surface area contributed by atoms with Gasteiger partial charge in [-0.3, -0.25) is 0 Å². The van der Waals surface area contributed by atoms with Crippen molar-refractivity contribution in [3.05, 3.63) is 63.4 Å². The topological polar surface area (TPSA) is 30.5 Å². The first-order chi connectivity index (χ1) is 11.2. The molecule has 0 saturated carbocycles. The van der Waals surface area contributed by atoms with E-state index in [9.17, 15) is 0 Å². The Morgan fingerprint density at radius 1 is 1.22 bits per heavy atom. The fourth-order valence-electron chi connectivity index (χ4n) is 3.03. The van der Waals surface area contributed by atoms with Crippen molar-refractivity contribution in [3.8, 4) is 11.5 Å². The average Bonchev–Trinajstić information content (AvgIpc) is 2.78. The summed E-state index contributed by atoms with van der Waals surface area (Å²) >= 11 is 3.46. The van der Waals surface area contributed by atoms with Gasteiger partial charge in [0.1, 0.15) is 0 Å². The molecular weight excluding hydrogens is 354 g/mol. The second-order valence-electron chi connectivity index (χ2n) is 5.60. The molecule has 3 rings (SSSR count). The van der Waals surface area contributed by atoms with Crippen LogP contribution in [0.25, 0.3) is 0 Å². The van der Waals surface area contributed by atoms with Crippen LogP contribution in [0.2, 0.25) is 0 Å². The SMILES string of the molecule is COc1cc2c(cc1OC)C(CC1=CC=C=C(Br)C=C1)NCC2. The minimum Gasteiger partial charge on any atom is -0.493 e. The monoisotopic (exact) mass is 373 g/mol. The average molecular weight is 374 g/mol. The summed E-state index contributed by atoms with van der Waals surface area (Å²) in [7, 11) is 3.36. The van der Waals surface area contributed by atoms with Gasteiger partial charge < -0.3 is 14.8 Å². The Bertz CT molecular complexity index is 727. The number of halogens is 1. The van der Waals surface area contributed by atoms with Crippen LogP contribution in [0.1, 0.15) is 23.6 Å². The highest BCUT2D eigenvalue weighted by Crippen LogP contribution is 2.37. The third-order valence-electron chi connectivity index (χ3n) is 4.21. The van der Waals surface area contributed by atoms with E-state index in [0.717, 1.165) is 35.4 Å². The van der Waals surface area contributed by atoms with Crippen molar-refractivity contribution >= 4 is 15.9 Å². The van der Waals surface area contributed by atoms with Crippen molar-refractivity contribution in [2.24, 2.45) is 0 Å². The molecule has 1 heterocycles. The predicted molar refractivity (Wildman–Crippen MR) is 96.4 cm³/mol. The Morgan fingerprint density at radius 2 is 2.00 bits per heavy atom.